The van der Waals surface area contributed by atoms with E-state index in [-0.39, 0.29) is 41.6 Å². The molecule has 0 saturated heterocycles. The second-order valence-electron chi connectivity index (χ2n) is 11.2. The number of aliphatic carboxylic acids is 1. The largest absolute Gasteiger partial charge is 0.508 e. The minimum atomic E-state index is -1.36. The van der Waals surface area contributed by atoms with Gasteiger partial charge in [-0.2, -0.15) is 0 Å². The quantitative estimate of drug-likeness (QED) is 0.342. The fraction of sp³-hybridized carbons (Fsp3) is 0.615. The number of nitrogens with two attached hydrogens (primary N) is 1. The van der Waals surface area contributed by atoms with Crippen molar-refractivity contribution < 1.29 is 43.2 Å². The Morgan fingerprint density at radius 3 is 1.86 bits per heavy atom. The van der Waals surface area contributed by atoms with Crippen LogP contribution in [0.2, 0.25) is 0 Å². The molecule has 10 heteroatoms. The van der Waals surface area contributed by atoms with Crippen LogP contribution in [0.1, 0.15) is 79.2 Å². The number of carboxylic acid groups (broad SMARTS) is 1. The standard InChI is InChI=1S/C26H39NO9/c1-15(34-24(32)33-8)11-17(22(27)23(30)31)16-9-10-18(35-20(28)13-25(2,3)4)19(12-16)36-21(29)14-26(5,6)7/h9-10,12,15,17,22H,11,13-14,27H2,1-8H3,(H,30,31)/t15?,17?,22-/m0/s1. The van der Waals surface area contributed by atoms with Crippen molar-refractivity contribution >= 4 is 24.1 Å². The van der Waals surface area contributed by atoms with E-state index in [1.807, 2.05) is 41.5 Å². The minimum Gasteiger partial charge on any atom is -0.480 e. The van der Waals surface area contributed by atoms with E-state index in [1.165, 1.54) is 12.1 Å². The first-order chi connectivity index (χ1) is 16.4. The molecule has 3 N–H and O–H groups in total. The smallest absolute Gasteiger partial charge is 0.480 e. The van der Waals surface area contributed by atoms with E-state index in [0.29, 0.717) is 5.56 Å². The second kappa shape index (κ2) is 12.7. The molecular formula is C26H39NO9. The van der Waals surface area contributed by atoms with Gasteiger partial charge in [-0.3, -0.25) is 14.4 Å². The molecule has 0 spiro atoms. The van der Waals surface area contributed by atoms with Crippen LogP contribution in [0.5, 0.6) is 11.5 Å². The van der Waals surface area contributed by atoms with Crippen molar-refractivity contribution in [1.29, 1.82) is 0 Å². The Hall–Kier alpha value is -3.14. The molecule has 0 fully saturated rings. The third-order valence-corrected chi connectivity index (χ3v) is 4.96. The Morgan fingerprint density at radius 2 is 1.42 bits per heavy atom. The number of rotatable bonds is 10. The lowest BCUT2D eigenvalue weighted by Gasteiger charge is -2.25. The van der Waals surface area contributed by atoms with Crippen LogP contribution in [0.4, 0.5) is 4.79 Å². The Labute approximate surface area is 212 Å². The number of benzene rings is 1. The van der Waals surface area contributed by atoms with Crippen LogP contribution < -0.4 is 15.2 Å². The molecule has 10 nitrogen and oxygen atoms in total. The molecule has 0 saturated carbocycles. The summed E-state index contributed by atoms with van der Waals surface area (Å²) in [6.45, 7) is 12.9. The lowest BCUT2D eigenvalue weighted by atomic mass is 9.87. The zero-order valence-corrected chi connectivity index (χ0v) is 22.4. The molecule has 2 unspecified atom stereocenters. The first-order valence-electron chi connectivity index (χ1n) is 11.7. The summed E-state index contributed by atoms with van der Waals surface area (Å²) in [7, 11) is 1.16. The van der Waals surface area contributed by atoms with Crippen LogP contribution in [-0.2, 0) is 23.9 Å². The normalized spacial score (nSPS) is 14.2. The molecule has 36 heavy (non-hydrogen) atoms. The van der Waals surface area contributed by atoms with Crippen LogP contribution in [0.15, 0.2) is 18.2 Å². The van der Waals surface area contributed by atoms with E-state index in [1.54, 1.807) is 13.0 Å². The van der Waals surface area contributed by atoms with Gasteiger partial charge in [0, 0.05) is 5.92 Å². The maximum atomic E-state index is 12.6. The molecule has 0 amide bonds. The molecule has 1 aromatic carbocycles. The van der Waals surface area contributed by atoms with Crippen LogP contribution in [0, 0.1) is 10.8 Å². The van der Waals surface area contributed by atoms with Crippen molar-refractivity contribution in [2.45, 2.75) is 85.8 Å². The van der Waals surface area contributed by atoms with Crippen molar-refractivity contribution in [2.24, 2.45) is 16.6 Å². The van der Waals surface area contributed by atoms with Gasteiger partial charge >= 0.3 is 24.1 Å². The Bertz CT molecular complexity index is 944. The highest BCUT2D eigenvalue weighted by atomic mass is 16.7. The lowest BCUT2D eigenvalue weighted by Crippen LogP contribution is -2.38. The third-order valence-electron chi connectivity index (χ3n) is 4.96. The highest BCUT2D eigenvalue weighted by Crippen LogP contribution is 2.36. The van der Waals surface area contributed by atoms with Gasteiger partial charge in [0.2, 0.25) is 0 Å². The summed E-state index contributed by atoms with van der Waals surface area (Å²) in [5.41, 5.74) is 5.69. The monoisotopic (exact) mass is 509 g/mol. The van der Waals surface area contributed by atoms with Gasteiger partial charge in [0.15, 0.2) is 11.5 Å². The number of methoxy groups -OCH3 is 1. The summed E-state index contributed by atoms with van der Waals surface area (Å²) in [4.78, 5) is 48.3. The van der Waals surface area contributed by atoms with E-state index < -0.39 is 42.1 Å². The van der Waals surface area contributed by atoms with Gasteiger partial charge in [-0.1, -0.05) is 47.6 Å². The second-order valence-corrected chi connectivity index (χ2v) is 11.2. The molecule has 0 radical (unpaired) electrons. The lowest BCUT2D eigenvalue weighted by molar-refractivity contribution is -0.139. The molecule has 0 aliphatic heterocycles. The molecular weight excluding hydrogens is 470 g/mol. The summed E-state index contributed by atoms with van der Waals surface area (Å²) in [5, 5.41) is 9.57. The zero-order chi connectivity index (χ0) is 27.8. The molecule has 0 aliphatic rings. The number of hydrogen-bond acceptors (Lipinski definition) is 9. The van der Waals surface area contributed by atoms with Crippen LogP contribution in [0.25, 0.3) is 0 Å². The van der Waals surface area contributed by atoms with Gasteiger partial charge in [-0.15, -0.1) is 0 Å². The first kappa shape index (κ1) is 30.9. The number of ether oxygens (including phenoxy) is 4. The van der Waals surface area contributed by atoms with Crippen molar-refractivity contribution in [3.05, 3.63) is 23.8 Å². The molecule has 1 aromatic rings. The molecule has 202 valence electrons. The molecule has 0 heterocycles. The van der Waals surface area contributed by atoms with Crippen molar-refractivity contribution in [2.75, 3.05) is 7.11 Å². The van der Waals surface area contributed by atoms with E-state index in [4.69, 9.17) is 19.9 Å². The summed E-state index contributed by atoms with van der Waals surface area (Å²) in [5.74, 6) is -3.17. The predicted octanol–water partition coefficient (Wildman–Crippen LogP) is 4.43. The maximum absolute atomic E-state index is 12.6. The van der Waals surface area contributed by atoms with Crippen molar-refractivity contribution in [3.8, 4) is 11.5 Å². The first-order valence-corrected chi connectivity index (χ1v) is 11.7. The number of hydrogen-bond donors (Lipinski definition) is 2. The van der Waals surface area contributed by atoms with Gasteiger partial charge in [-0.25, -0.2) is 4.79 Å². The molecule has 0 aliphatic carbocycles. The van der Waals surface area contributed by atoms with Gasteiger partial charge in [0.1, 0.15) is 12.1 Å². The Kier molecular flexibility index (Phi) is 10.9. The topological polar surface area (TPSA) is 151 Å². The summed E-state index contributed by atoms with van der Waals surface area (Å²) < 4.78 is 20.6. The van der Waals surface area contributed by atoms with E-state index in [2.05, 4.69) is 4.74 Å². The molecule has 1 rings (SSSR count). The number of esters is 2. The number of carbonyl (C=O) groups excluding carboxylic acids is 3. The van der Waals surface area contributed by atoms with E-state index in [9.17, 15) is 24.3 Å². The van der Waals surface area contributed by atoms with Crippen LogP contribution in [0.3, 0.4) is 0 Å². The molecule has 3 atom stereocenters. The van der Waals surface area contributed by atoms with Crippen LogP contribution >= 0.6 is 0 Å². The molecule has 0 bridgehead atoms. The summed E-state index contributed by atoms with van der Waals surface area (Å²) in [6, 6.07) is 3.04. The Morgan fingerprint density at radius 1 is 0.917 bits per heavy atom. The van der Waals surface area contributed by atoms with Gasteiger partial charge in [0.05, 0.1) is 20.0 Å². The Balaban J connectivity index is 3.41. The van der Waals surface area contributed by atoms with Crippen molar-refractivity contribution in [1.82, 2.24) is 0 Å². The average Bonchev–Trinajstić information content (AvgIpc) is 2.69. The zero-order valence-electron chi connectivity index (χ0n) is 22.4. The van der Waals surface area contributed by atoms with Crippen LogP contribution in [-0.4, -0.2) is 48.4 Å². The van der Waals surface area contributed by atoms with Gasteiger partial charge in [0.25, 0.3) is 0 Å². The fourth-order valence-electron chi connectivity index (χ4n) is 3.38. The highest BCUT2D eigenvalue weighted by Gasteiger charge is 2.31. The number of carboxylic acids is 1. The predicted molar refractivity (Wildman–Crippen MR) is 132 cm³/mol. The van der Waals surface area contributed by atoms with E-state index in [0.717, 1.165) is 7.11 Å². The minimum absolute atomic E-state index is 0.0248. The maximum Gasteiger partial charge on any atom is 0.508 e. The van der Waals surface area contributed by atoms with Crippen molar-refractivity contribution in [3.63, 3.8) is 0 Å². The molecule has 0 aromatic heterocycles. The van der Waals surface area contributed by atoms with Gasteiger partial charge in [-0.05, 0) is 41.9 Å². The SMILES string of the molecule is COC(=O)OC(C)CC(c1ccc(OC(=O)CC(C)(C)C)c(OC(=O)CC(C)(C)C)c1)[C@H](N)C(=O)O. The highest BCUT2D eigenvalue weighted by molar-refractivity contribution is 5.77. The average molecular weight is 510 g/mol. The van der Waals surface area contributed by atoms with E-state index >= 15 is 0 Å². The number of carbonyl (C=O) groups is 4. The summed E-state index contributed by atoms with van der Waals surface area (Å²) in [6.07, 6.45) is -1.39. The third kappa shape index (κ3) is 11.1. The fourth-order valence-corrected chi connectivity index (χ4v) is 3.38. The van der Waals surface area contributed by atoms with Gasteiger partial charge < -0.3 is 29.8 Å². The summed E-state index contributed by atoms with van der Waals surface area (Å²) >= 11 is 0.